The van der Waals surface area contributed by atoms with Crippen LogP contribution >= 0.6 is 0 Å². The van der Waals surface area contributed by atoms with E-state index < -0.39 is 51.6 Å². The molecule has 0 aliphatic heterocycles. The van der Waals surface area contributed by atoms with Gasteiger partial charge < -0.3 is 19.0 Å². The summed E-state index contributed by atoms with van der Waals surface area (Å²) in [6, 6.07) is -0.174. The minimum atomic E-state index is -6.01. The summed E-state index contributed by atoms with van der Waals surface area (Å²) in [5.74, 6) is -2.19. The van der Waals surface area contributed by atoms with Crippen molar-refractivity contribution in [2.45, 2.75) is 51.3 Å². The SMILES string of the molecule is COC(=O)Cc1nc(OS(=O)(=O)C(F)(F)F)cc([C@H](C)NC(=O)OC(C)(C)C)n1. The summed E-state index contributed by atoms with van der Waals surface area (Å²) in [6.45, 7) is 6.25. The highest BCUT2D eigenvalue weighted by Gasteiger charge is 2.49. The lowest BCUT2D eigenvalue weighted by molar-refractivity contribution is -0.139. The van der Waals surface area contributed by atoms with Crippen molar-refractivity contribution in [3.05, 3.63) is 17.6 Å². The van der Waals surface area contributed by atoms with Crippen LogP contribution in [-0.4, -0.2) is 48.7 Å². The molecule has 0 spiro atoms. The van der Waals surface area contributed by atoms with Crippen molar-refractivity contribution in [2.24, 2.45) is 0 Å². The monoisotopic (exact) mass is 443 g/mol. The Bertz CT molecular complexity index is 867. The highest BCUT2D eigenvalue weighted by atomic mass is 32.2. The first-order valence-corrected chi connectivity index (χ1v) is 9.40. The minimum Gasteiger partial charge on any atom is -0.469 e. The molecular formula is C15H20F3N3O7S. The number of alkyl halides is 3. The van der Waals surface area contributed by atoms with E-state index in [1.165, 1.54) is 6.92 Å². The van der Waals surface area contributed by atoms with Gasteiger partial charge in [0, 0.05) is 6.07 Å². The number of hydrogen-bond acceptors (Lipinski definition) is 9. The Hall–Kier alpha value is -2.64. The van der Waals surface area contributed by atoms with Crippen molar-refractivity contribution in [2.75, 3.05) is 7.11 Å². The average molecular weight is 443 g/mol. The van der Waals surface area contributed by atoms with Gasteiger partial charge >= 0.3 is 27.7 Å². The van der Waals surface area contributed by atoms with Crippen LogP contribution in [-0.2, 0) is 30.8 Å². The van der Waals surface area contributed by atoms with Gasteiger partial charge in [0.1, 0.15) is 17.8 Å². The normalized spacial score (nSPS) is 13.4. The van der Waals surface area contributed by atoms with Gasteiger partial charge in [0.2, 0.25) is 5.88 Å². The fourth-order valence-corrected chi connectivity index (χ4v) is 2.16. The molecule has 164 valence electrons. The number of nitrogens with one attached hydrogen (secondary N) is 1. The summed E-state index contributed by atoms with van der Waals surface area (Å²) >= 11 is 0. The number of rotatable bonds is 6. The molecule has 0 aliphatic carbocycles. The van der Waals surface area contributed by atoms with Crippen LogP contribution in [0.2, 0.25) is 0 Å². The van der Waals surface area contributed by atoms with Crippen molar-refractivity contribution in [1.29, 1.82) is 0 Å². The van der Waals surface area contributed by atoms with Gasteiger partial charge in [0.25, 0.3) is 0 Å². The lowest BCUT2D eigenvalue weighted by atomic mass is 10.2. The van der Waals surface area contributed by atoms with Gasteiger partial charge in [0.15, 0.2) is 0 Å². The Morgan fingerprint density at radius 2 is 1.79 bits per heavy atom. The maximum Gasteiger partial charge on any atom is 0.534 e. The molecule has 0 aromatic carbocycles. The third-order valence-corrected chi connectivity index (χ3v) is 3.91. The van der Waals surface area contributed by atoms with Crippen LogP contribution in [0.1, 0.15) is 45.3 Å². The second-order valence-corrected chi connectivity index (χ2v) is 8.19. The number of carbonyl (C=O) groups excluding carboxylic acids is 2. The number of carbonyl (C=O) groups is 2. The third-order valence-electron chi connectivity index (χ3n) is 2.95. The van der Waals surface area contributed by atoms with Crippen LogP contribution < -0.4 is 9.50 Å². The van der Waals surface area contributed by atoms with E-state index in [2.05, 4.69) is 24.2 Å². The van der Waals surface area contributed by atoms with Crippen LogP contribution in [0.4, 0.5) is 18.0 Å². The molecule has 0 saturated heterocycles. The molecule has 0 bridgehead atoms. The maximum atomic E-state index is 12.6. The molecule has 1 amide bonds. The van der Waals surface area contributed by atoms with E-state index in [0.29, 0.717) is 0 Å². The highest BCUT2D eigenvalue weighted by molar-refractivity contribution is 7.87. The Kier molecular flexibility index (Phi) is 7.40. The van der Waals surface area contributed by atoms with Gasteiger partial charge in [-0.25, -0.2) is 9.78 Å². The molecule has 14 heteroatoms. The molecule has 1 N–H and O–H groups in total. The molecule has 29 heavy (non-hydrogen) atoms. The second kappa shape index (κ2) is 8.80. The molecule has 0 saturated carbocycles. The predicted molar refractivity (Wildman–Crippen MR) is 91.1 cm³/mol. The minimum absolute atomic E-state index is 0.128. The van der Waals surface area contributed by atoms with E-state index in [4.69, 9.17) is 4.74 Å². The number of alkyl carbamates (subject to hydrolysis) is 1. The average Bonchev–Trinajstić information content (AvgIpc) is 2.50. The summed E-state index contributed by atoms with van der Waals surface area (Å²) in [5.41, 5.74) is -6.64. The van der Waals surface area contributed by atoms with Crippen LogP contribution in [0.25, 0.3) is 0 Å². The number of nitrogens with zero attached hydrogens (tertiary/aromatic N) is 2. The quantitative estimate of drug-likeness (QED) is 0.398. The van der Waals surface area contributed by atoms with Crippen LogP contribution in [0.5, 0.6) is 5.88 Å². The molecule has 1 atom stereocenters. The second-order valence-electron chi connectivity index (χ2n) is 6.65. The van der Waals surface area contributed by atoms with Gasteiger partial charge in [-0.2, -0.15) is 26.6 Å². The molecule has 1 aromatic rings. The van der Waals surface area contributed by atoms with Crippen molar-refractivity contribution >= 4 is 22.2 Å². The first-order valence-electron chi connectivity index (χ1n) is 7.99. The largest absolute Gasteiger partial charge is 0.534 e. The van der Waals surface area contributed by atoms with E-state index in [1.807, 2.05) is 0 Å². The van der Waals surface area contributed by atoms with Crippen molar-refractivity contribution < 1.29 is 44.8 Å². The van der Waals surface area contributed by atoms with E-state index in [1.54, 1.807) is 20.8 Å². The van der Waals surface area contributed by atoms with Gasteiger partial charge in [-0.3, -0.25) is 4.79 Å². The molecule has 0 fully saturated rings. The fourth-order valence-electron chi connectivity index (χ4n) is 1.76. The molecule has 1 heterocycles. The smallest absolute Gasteiger partial charge is 0.469 e. The van der Waals surface area contributed by atoms with Crippen molar-refractivity contribution in [3.8, 4) is 5.88 Å². The van der Waals surface area contributed by atoms with Crippen LogP contribution in [0, 0.1) is 0 Å². The number of aromatic nitrogens is 2. The lowest BCUT2D eigenvalue weighted by Crippen LogP contribution is -2.34. The van der Waals surface area contributed by atoms with Crippen LogP contribution in [0.15, 0.2) is 6.07 Å². The number of amides is 1. The van der Waals surface area contributed by atoms with Crippen LogP contribution in [0.3, 0.4) is 0 Å². The Balaban J connectivity index is 3.23. The fraction of sp³-hybridized carbons (Fsp3) is 0.600. The Morgan fingerprint density at radius 1 is 1.21 bits per heavy atom. The first kappa shape index (κ1) is 24.4. The zero-order chi connectivity index (χ0) is 22.6. The molecule has 0 unspecified atom stereocenters. The number of ether oxygens (including phenoxy) is 2. The number of halogens is 3. The zero-order valence-corrected chi connectivity index (χ0v) is 17.0. The summed E-state index contributed by atoms with van der Waals surface area (Å²) in [5, 5.41) is 2.37. The Morgan fingerprint density at radius 3 is 2.28 bits per heavy atom. The van der Waals surface area contributed by atoms with Gasteiger partial charge in [-0.15, -0.1) is 0 Å². The summed E-state index contributed by atoms with van der Waals surface area (Å²) in [6.07, 6.45) is -1.44. The summed E-state index contributed by atoms with van der Waals surface area (Å²) in [4.78, 5) is 30.7. The predicted octanol–water partition coefficient (Wildman–Crippen LogP) is 2.01. The molecule has 0 aliphatic rings. The van der Waals surface area contributed by atoms with E-state index in [0.717, 1.165) is 13.2 Å². The number of hydrogen-bond donors (Lipinski definition) is 1. The zero-order valence-electron chi connectivity index (χ0n) is 16.2. The molecular weight excluding hydrogens is 423 g/mol. The van der Waals surface area contributed by atoms with Gasteiger partial charge in [0.05, 0.1) is 18.8 Å². The van der Waals surface area contributed by atoms with E-state index >= 15 is 0 Å². The lowest BCUT2D eigenvalue weighted by Gasteiger charge is -2.22. The maximum absolute atomic E-state index is 12.6. The highest BCUT2D eigenvalue weighted by Crippen LogP contribution is 2.27. The van der Waals surface area contributed by atoms with E-state index in [9.17, 15) is 31.2 Å². The first-order chi connectivity index (χ1) is 13.0. The molecule has 10 nitrogen and oxygen atoms in total. The third kappa shape index (κ3) is 7.71. The van der Waals surface area contributed by atoms with Gasteiger partial charge in [-0.05, 0) is 27.7 Å². The molecule has 0 radical (unpaired) electrons. The topological polar surface area (TPSA) is 134 Å². The van der Waals surface area contributed by atoms with E-state index in [-0.39, 0.29) is 11.5 Å². The summed E-state index contributed by atoms with van der Waals surface area (Å²) < 4.78 is 73.7. The van der Waals surface area contributed by atoms with Crippen molar-refractivity contribution in [3.63, 3.8) is 0 Å². The van der Waals surface area contributed by atoms with Gasteiger partial charge in [-0.1, -0.05) is 0 Å². The Labute approximate surface area is 164 Å². The summed E-state index contributed by atoms with van der Waals surface area (Å²) in [7, 11) is -4.95. The number of methoxy groups -OCH3 is 1. The number of esters is 1. The van der Waals surface area contributed by atoms with Crippen molar-refractivity contribution in [1.82, 2.24) is 15.3 Å². The molecule has 1 aromatic heterocycles. The molecule has 1 rings (SSSR count). The standard InChI is InChI=1S/C15H20F3N3O7S/c1-8(19-13(23)27-14(2,3)4)9-6-11(28-29(24,25)15(16,17)18)21-10(20-9)7-12(22)26-5/h6,8H,7H2,1-5H3,(H,19,23)/t8-/m0/s1.